The molecule has 1 N–H and O–H groups in total. The van der Waals surface area contributed by atoms with Crippen LogP contribution in [0, 0.1) is 28.7 Å². The molecule has 1 amide bonds. The van der Waals surface area contributed by atoms with Gasteiger partial charge in [-0.15, -0.1) is 0 Å². The van der Waals surface area contributed by atoms with E-state index in [4.69, 9.17) is 14.2 Å². The van der Waals surface area contributed by atoms with Crippen LogP contribution in [-0.4, -0.2) is 41.9 Å². The summed E-state index contributed by atoms with van der Waals surface area (Å²) in [5.41, 5.74) is -0.492. The molecular weight excluding hydrogens is 442 g/mol. The number of methoxy groups -OCH3 is 3. The number of nitrogens with zero attached hydrogens (tertiary/aromatic N) is 3. The molecule has 174 valence electrons. The van der Waals surface area contributed by atoms with E-state index in [9.17, 15) is 23.7 Å². The zero-order valence-electron chi connectivity index (χ0n) is 18.1. The van der Waals surface area contributed by atoms with Crippen molar-refractivity contribution in [2.24, 2.45) is 0 Å². The molecule has 12 heteroatoms. The zero-order valence-corrected chi connectivity index (χ0v) is 18.1. The number of rotatable bonds is 8. The van der Waals surface area contributed by atoms with Gasteiger partial charge in [0, 0.05) is 17.2 Å². The second kappa shape index (κ2) is 9.51. The van der Waals surface area contributed by atoms with Gasteiger partial charge in [0.05, 0.1) is 39.0 Å². The standard InChI is InChI=1S/C21H20F2N4O6/c1-11-9-24-26(10-12-7-13(22)5-6-15(12)23)20(11)25-21(28)14-8-16(31-2)18(32-3)19(33-4)17(14)27(29)30/h5-9H,10H2,1-4H3,(H,25,28). The average Bonchev–Trinajstić information content (AvgIpc) is 3.13. The van der Waals surface area contributed by atoms with Crippen molar-refractivity contribution in [3.05, 3.63) is 68.9 Å². The van der Waals surface area contributed by atoms with E-state index in [1.54, 1.807) is 6.92 Å². The molecule has 0 spiro atoms. The van der Waals surface area contributed by atoms with Gasteiger partial charge >= 0.3 is 5.69 Å². The molecule has 0 aliphatic rings. The number of aryl methyl sites for hydroxylation is 1. The number of hydrogen-bond acceptors (Lipinski definition) is 7. The maximum absolute atomic E-state index is 14.1. The van der Waals surface area contributed by atoms with E-state index in [2.05, 4.69) is 10.4 Å². The molecule has 1 heterocycles. The van der Waals surface area contributed by atoms with Gasteiger partial charge in [-0.05, 0) is 25.1 Å². The summed E-state index contributed by atoms with van der Waals surface area (Å²) in [6.07, 6.45) is 1.41. The highest BCUT2D eigenvalue weighted by molar-refractivity contribution is 6.08. The van der Waals surface area contributed by atoms with Crippen molar-refractivity contribution in [3.8, 4) is 17.2 Å². The van der Waals surface area contributed by atoms with Crippen molar-refractivity contribution in [2.75, 3.05) is 26.6 Å². The number of hydrogen-bond donors (Lipinski definition) is 1. The summed E-state index contributed by atoms with van der Waals surface area (Å²) in [7, 11) is 3.77. The second-order valence-corrected chi connectivity index (χ2v) is 6.82. The van der Waals surface area contributed by atoms with E-state index in [1.807, 2.05) is 0 Å². The number of halogens is 2. The summed E-state index contributed by atoms with van der Waals surface area (Å²) in [5, 5.41) is 18.4. The molecule has 0 atom stereocenters. The normalized spacial score (nSPS) is 10.6. The first kappa shape index (κ1) is 23.4. The van der Waals surface area contributed by atoms with Crippen LogP contribution < -0.4 is 19.5 Å². The smallest absolute Gasteiger partial charge is 0.327 e. The minimum Gasteiger partial charge on any atom is -0.493 e. The number of carbonyl (C=O) groups is 1. The molecule has 3 rings (SSSR count). The Morgan fingerprint density at radius 1 is 1.15 bits per heavy atom. The fraction of sp³-hybridized carbons (Fsp3) is 0.238. The summed E-state index contributed by atoms with van der Waals surface area (Å²) >= 11 is 0. The Morgan fingerprint density at radius 3 is 2.45 bits per heavy atom. The maximum atomic E-state index is 14.1. The van der Waals surface area contributed by atoms with Crippen molar-refractivity contribution < 1.29 is 32.7 Å². The first-order valence-electron chi connectivity index (χ1n) is 9.46. The van der Waals surface area contributed by atoms with Gasteiger partial charge in [-0.25, -0.2) is 13.5 Å². The molecule has 0 aliphatic carbocycles. The quantitative estimate of drug-likeness (QED) is 0.401. The van der Waals surface area contributed by atoms with Crippen LogP contribution in [0.25, 0.3) is 0 Å². The monoisotopic (exact) mass is 462 g/mol. The van der Waals surface area contributed by atoms with E-state index in [1.165, 1.54) is 32.2 Å². The average molecular weight is 462 g/mol. The molecule has 0 aliphatic heterocycles. The number of anilines is 1. The molecule has 0 unspecified atom stereocenters. The Bertz CT molecular complexity index is 1230. The molecule has 2 aromatic carbocycles. The van der Waals surface area contributed by atoms with Crippen molar-refractivity contribution in [2.45, 2.75) is 13.5 Å². The highest BCUT2D eigenvalue weighted by Gasteiger charge is 2.33. The van der Waals surface area contributed by atoms with Gasteiger partial charge in [0.1, 0.15) is 23.0 Å². The summed E-state index contributed by atoms with van der Waals surface area (Å²) in [5.74, 6) is -2.31. The first-order chi connectivity index (χ1) is 15.7. The van der Waals surface area contributed by atoms with Crippen molar-refractivity contribution >= 4 is 17.4 Å². The number of nitro groups is 1. The topological polar surface area (TPSA) is 118 Å². The van der Waals surface area contributed by atoms with Crippen LogP contribution in [0.1, 0.15) is 21.5 Å². The number of amides is 1. The van der Waals surface area contributed by atoms with Crippen molar-refractivity contribution in [1.29, 1.82) is 0 Å². The van der Waals surface area contributed by atoms with Crippen molar-refractivity contribution in [3.63, 3.8) is 0 Å². The Labute approximate surface area is 186 Å². The Morgan fingerprint density at radius 2 is 1.85 bits per heavy atom. The molecule has 0 saturated heterocycles. The highest BCUT2D eigenvalue weighted by atomic mass is 19.1. The SMILES string of the molecule is COc1cc(C(=O)Nc2c(C)cnn2Cc2cc(F)ccc2F)c([N+](=O)[O-])c(OC)c1OC. The van der Waals surface area contributed by atoms with Gasteiger partial charge in [-0.2, -0.15) is 5.10 Å². The molecule has 1 aromatic heterocycles. The van der Waals surface area contributed by atoms with Crippen LogP contribution in [0.2, 0.25) is 0 Å². The third-order valence-corrected chi connectivity index (χ3v) is 4.81. The fourth-order valence-electron chi connectivity index (χ4n) is 3.26. The van der Waals surface area contributed by atoms with Gasteiger partial charge < -0.3 is 19.5 Å². The highest BCUT2D eigenvalue weighted by Crippen LogP contribution is 2.46. The van der Waals surface area contributed by atoms with E-state index in [-0.39, 0.29) is 40.7 Å². The van der Waals surface area contributed by atoms with Crippen LogP contribution in [0.4, 0.5) is 20.3 Å². The number of nitro benzene ring substituents is 1. The lowest BCUT2D eigenvalue weighted by Crippen LogP contribution is -2.19. The van der Waals surface area contributed by atoms with Gasteiger partial charge in [0.15, 0.2) is 5.75 Å². The Hall–Kier alpha value is -4.22. The first-order valence-corrected chi connectivity index (χ1v) is 9.46. The molecule has 0 fully saturated rings. The summed E-state index contributed by atoms with van der Waals surface area (Å²) in [4.78, 5) is 24.1. The molecule has 3 aromatic rings. The van der Waals surface area contributed by atoms with Crippen LogP contribution in [0.3, 0.4) is 0 Å². The number of benzene rings is 2. The summed E-state index contributed by atoms with van der Waals surface area (Å²) in [6.45, 7) is 1.44. The lowest BCUT2D eigenvalue weighted by atomic mass is 10.1. The predicted octanol–water partition coefficient (Wildman–Crippen LogP) is 3.70. The lowest BCUT2D eigenvalue weighted by Gasteiger charge is -2.15. The van der Waals surface area contributed by atoms with Crippen LogP contribution in [0.5, 0.6) is 17.2 Å². The van der Waals surface area contributed by atoms with Gasteiger partial charge in [0.2, 0.25) is 11.5 Å². The van der Waals surface area contributed by atoms with Crippen LogP contribution in [0.15, 0.2) is 30.5 Å². The number of ether oxygens (including phenoxy) is 3. The van der Waals surface area contributed by atoms with E-state index >= 15 is 0 Å². The Balaban J connectivity index is 2.04. The summed E-state index contributed by atoms with van der Waals surface area (Å²) in [6, 6.07) is 4.14. The minimum atomic E-state index is -0.870. The number of aromatic nitrogens is 2. The van der Waals surface area contributed by atoms with Crippen LogP contribution in [-0.2, 0) is 6.54 Å². The molecule has 0 radical (unpaired) electrons. The van der Waals surface area contributed by atoms with E-state index in [0.717, 1.165) is 24.3 Å². The molecular formula is C21H20F2N4O6. The summed E-state index contributed by atoms with van der Waals surface area (Å²) < 4.78 is 44.3. The van der Waals surface area contributed by atoms with E-state index < -0.39 is 28.2 Å². The second-order valence-electron chi connectivity index (χ2n) is 6.82. The zero-order chi connectivity index (χ0) is 24.3. The third kappa shape index (κ3) is 4.54. The van der Waals surface area contributed by atoms with Gasteiger partial charge in [-0.3, -0.25) is 14.9 Å². The van der Waals surface area contributed by atoms with Gasteiger partial charge in [-0.1, -0.05) is 0 Å². The van der Waals surface area contributed by atoms with E-state index in [0.29, 0.717) is 5.56 Å². The number of carbonyl (C=O) groups excluding carboxylic acids is 1. The van der Waals surface area contributed by atoms with Crippen molar-refractivity contribution in [1.82, 2.24) is 9.78 Å². The molecule has 0 bridgehead atoms. The Kier molecular flexibility index (Phi) is 6.75. The maximum Gasteiger partial charge on any atom is 0.327 e. The molecule has 10 nitrogen and oxygen atoms in total. The predicted molar refractivity (Wildman–Crippen MR) is 113 cm³/mol. The largest absolute Gasteiger partial charge is 0.493 e. The lowest BCUT2D eigenvalue weighted by molar-refractivity contribution is -0.386. The van der Waals surface area contributed by atoms with Crippen LogP contribution >= 0.6 is 0 Å². The fourth-order valence-corrected chi connectivity index (χ4v) is 3.26. The van der Waals surface area contributed by atoms with Gasteiger partial charge in [0.25, 0.3) is 5.91 Å². The third-order valence-electron chi connectivity index (χ3n) is 4.81. The molecule has 0 saturated carbocycles. The number of nitrogens with one attached hydrogen (secondary N) is 1. The molecule has 33 heavy (non-hydrogen) atoms. The minimum absolute atomic E-state index is 0.00682.